The van der Waals surface area contributed by atoms with E-state index >= 15 is 0 Å². The van der Waals surface area contributed by atoms with Gasteiger partial charge < -0.3 is 14.8 Å². The van der Waals surface area contributed by atoms with E-state index in [4.69, 9.17) is 26.3 Å². The van der Waals surface area contributed by atoms with Gasteiger partial charge in [0.15, 0.2) is 13.2 Å². The number of nitriles is 1. The van der Waals surface area contributed by atoms with Crippen LogP contribution in [0.25, 0.3) is 0 Å². The number of carbonyl (C=O) groups excluding carboxylic acids is 2. The fourth-order valence-corrected chi connectivity index (χ4v) is 2.20. The quantitative estimate of drug-likeness (QED) is 0.801. The van der Waals surface area contributed by atoms with Gasteiger partial charge in [-0.3, -0.25) is 4.79 Å². The SMILES string of the molecule is Cc1ccc(NC(=O)COC(=O)COc2ccccc2C#N)c(Cl)c1. The largest absolute Gasteiger partial charge is 0.481 e. The molecule has 128 valence electrons. The number of hydrogen-bond acceptors (Lipinski definition) is 5. The lowest BCUT2D eigenvalue weighted by atomic mass is 10.2. The molecule has 0 aromatic heterocycles. The molecule has 0 aliphatic carbocycles. The van der Waals surface area contributed by atoms with Gasteiger partial charge in [0, 0.05) is 0 Å². The van der Waals surface area contributed by atoms with Gasteiger partial charge in [-0.15, -0.1) is 0 Å². The molecule has 6 nitrogen and oxygen atoms in total. The summed E-state index contributed by atoms with van der Waals surface area (Å²) in [7, 11) is 0. The molecule has 0 aliphatic heterocycles. The molecule has 0 saturated heterocycles. The molecule has 25 heavy (non-hydrogen) atoms. The number of halogens is 1. The van der Waals surface area contributed by atoms with Crippen LogP contribution in [0, 0.1) is 18.3 Å². The van der Waals surface area contributed by atoms with Gasteiger partial charge in [0.1, 0.15) is 11.8 Å². The molecule has 0 unspecified atom stereocenters. The molecule has 2 aromatic carbocycles. The molecule has 2 rings (SSSR count). The lowest BCUT2D eigenvalue weighted by Crippen LogP contribution is -2.23. The standard InChI is InChI=1S/C18H15ClN2O4/c1-12-6-7-15(14(19)8-12)21-17(22)10-25-18(23)11-24-16-5-3-2-4-13(16)9-20/h2-8H,10-11H2,1H3,(H,21,22). The Bertz CT molecular complexity index is 830. The van der Waals surface area contributed by atoms with Crippen LogP contribution in [-0.4, -0.2) is 25.1 Å². The molecular weight excluding hydrogens is 344 g/mol. The Morgan fingerprint density at radius 3 is 2.68 bits per heavy atom. The molecule has 0 heterocycles. The second-order valence-corrected chi connectivity index (χ2v) is 5.50. The fraction of sp³-hybridized carbons (Fsp3) is 0.167. The summed E-state index contributed by atoms with van der Waals surface area (Å²) < 4.78 is 10.1. The molecule has 0 saturated carbocycles. The first-order valence-corrected chi connectivity index (χ1v) is 7.71. The van der Waals surface area contributed by atoms with Crippen LogP contribution in [0.15, 0.2) is 42.5 Å². The monoisotopic (exact) mass is 358 g/mol. The molecular formula is C18H15ClN2O4. The van der Waals surface area contributed by atoms with E-state index in [1.807, 2.05) is 13.0 Å². The molecule has 0 radical (unpaired) electrons. The van der Waals surface area contributed by atoms with Gasteiger partial charge in [-0.1, -0.05) is 29.8 Å². The predicted octanol–water partition coefficient (Wildman–Crippen LogP) is 3.08. The zero-order chi connectivity index (χ0) is 18.2. The third kappa shape index (κ3) is 5.52. The second-order valence-electron chi connectivity index (χ2n) is 5.09. The van der Waals surface area contributed by atoms with Crippen molar-refractivity contribution in [2.75, 3.05) is 18.5 Å². The summed E-state index contributed by atoms with van der Waals surface area (Å²) in [6, 6.07) is 13.6. The number of anilines is 1. The maximum absolute atomic E-state index is 11.8. The van der Waals surface area contributed by atoms with E-state index in [0.29, 0.717) is 16.3 Å². The first kappa shape index (κ1) is 18.3. The Kier molecular flexibility index (Phi) is 6.38. The number of hydrogen-bond donors (Lipinski definition) is 1. The molecule has 2 aromatic rings. The summed E-state index contributed by atoms with van der Waals surface area (Å²) in [5.41, 5.74) is 1.71. The van der Waals surface area contributed by atoms with Crippen molar-refractivity contribution in [3.05, 3.63) is 58.6 Å². The Hall–Kier alpha value is -3.04. The first-order chi connectivity index (χ1) is 12.0. The topological polar surface area (TPSA) is 88.4 Å². The van der Waals surface area contributed by atoms with Crippen molar-refractivity contribution < 1.29 is 19.1 Å². The molecule has 7 heteroatoms. The first-order valence-electron chi connectivity index (χ1n) is 7.33. The maximum atomic E-state index is 11.8. The van der Waals surface area contributed by atoms with Gasteiger partial charge in [-0.2, -0.15) is 5.26 Å². The van der Waals surface area contributed by atoms with Crippen molar-refractivity contribution in [1.29, 1.82) is 5.26 Å². The Morgan fingerprint density at radius 2 is 1.96 bits per heavy atom. The highest BCUT2D eigenvalue weighted by Gasteiger charge is 2.11. The Morgan fingerprint density at radius 1 is 1.20 bits per heavy atom. The van der Waals surface area contributed by atoms with Crippen LogP contribution >= 0.6 is 11.6 Å². The van der Waals surface area contributed by atoms with Crippen LogP contribution in [0.4, 0.5) is 5.69 Å². The van der Waals surface area contributed by atoms with Gasteiger partial charge in [0.05, 0.1) is 16.3 Å². The van der Waals surface area contributed by atoms with Crippen LogP contribution in [0.5, 0.6) is 5.75 Å². The minimum Gasteiger partial charge on any atom is -0.481 e. The minimum absolute atomic E-state index is 0.276. The molecule has 1 amide bonds. The van der Waals surface area contributed by atoms with Crippen LogP contribution in [0.2, 0.25) is 5.02 Å². The molecule has 0 atom stereocenters. The van der Waals surface area contributed by atoms with Gasteiger partial charge in [-0.05, 0) is 36.8 Å². The van der Waals surface area contributed by atoms with E-state index in [1.165, 1.54) is 0 Å². The molecule has 0 aliphatic rings. The number of aryl methyl sites for hydroxylation is 1. The average molecular weight is 359 g/mol. The Labute approximate surface area is 149 Å². The summed E-state index contributed by atoms with van der Waals surface area (Å²) in [5.74, 6) is -0.965. The van der Waals surface area contributed by atoms with Crippen molar-refractivity contribution in [2.45, 2.75) is 6.92 Å². The number of benzene rings is 2. The van der Waals surface area contributed by atoms with Crippen molar-refractivity contribution in [3.63, 3.8) is 0 Å². The lowest BCUT2D eigenvalue weighted by molar-refractivity contribution is -0.149. The van der Waals surface area contributed by atoms with Crippen LogP contribution in [0.3, 0.4) is 0 Å². The third-order valence-electron chi connectivity index (χ3n) is 3.12. The zero-order valence-electron chi connectivity index (χ0n) is 13.4. The summed E-state index contributed by atoms with van der Waals surface area (Å²) in [6.07, 6.45) is 0. The third-order valence-corrected chi connectivity index (χ3v) is 3.43. The van der Waals surface area contributed by atoms with Gasteiger partial charge in [0.2, 0.25) is 0 Å². The number of esters is 1. The summed E-state index contributed by atoms with van der Waals surface area (Å²) in [4.78, 5) is 23.4. The highest BCUT2D eigenvalue weighted by molar-refractivity contribution is 6.33. The van der Waals surface area contributed by atoms with E-state index in [2.05, 4.69) is 5.32 Å². The molecule has 0 bridgehead atoms. The predicted molar refractivity (Wildman–Crippen MR) is 92.4 cm³/mol. The maximum Gasteiger partial charge on any atom is 0.344 e. The smallest absolute Gasteiger partial charge is 0.344 e. The normalized spacial score (nSPS) is 9.80. The number of nitrogens with one attached hydrogen (secondary N) is 1. The van der Waals surface area contributed by atoms with Crippen molar-refractivity contribution in [1.82, 2.24) is 0 Å². The summed E-state index contributed by atoms with van der Waals surface area (Å²) in [5, 5.41) is 11.9. The number of nitrogens with zero attached hydrogens (tertiary/aromatic N) is 1. The van der Waals surface area contributed by atoms with E-state index in [9.17, 15) is 9.59 Å². The van der Waals surface area contributed by atoms with Crippen molar-refractivity contribution in [3.8, 4) is 11.8 Å². The van der Waals surface area contributed by atoms with Gasteiger partial charge >= 0.3 is 5.97 Å². The fourth-order valence-electron chi connectivity index (χ4n) is 1.92. The van der Waals surface area contributed by atoms with Crippen LogP contribution in [-0.2, 0) is 14.3 Å². The number of para-hydroxylation sites is 1. The number of rotatable bonds is 6. The van der Waals surface area contributed by atoms with Crippen molar-refractivity contribution >= 4 is 29.2 Å². The highest BCUT2D eigenvalue weighted by atomic mass is 35.5. The highest BCUT2D eigenvalue weighted by Crippen LogP contribution is 2.22. The average Bonchev–Trinajstić information content (AvgIpc) is 2.60. The summed E-state index contributed by atoms with van der Waals surface area (Å²) >= 11 is 6.01. The number of ether oxygens (including phenoxy) is 2. The minimum atomic E-state index is -0.724. The number of amides is 1. The van der Waals surface area contributed by atoms with E-state index in [-0.39, 0.29) is 5.75 Å². The van der Waals surface area contributed by atoms with Crippen molar-refractivity contribution in [2.24, 2.45) is 0 Å². The van der Waals surface area contributed by atoms with Gasteiger partial charge in [-0.25, -0.2) is 4.79 Å². The Balaban J connectivity index is 1.79. The molecule has 0 spiro atoms. The van der Waals surface area contributed by atoms with E-state index in [1.54, 1.807) is 42.5 Å². The van der Waals surface area contributed by atoms with E-state index < -0.39 is 25.1 Å². The molecule has 0 fully saturated rings. The van der Waals surface area contributed by atoms with Gasteiger partial charge in [0.25, 0.3) is 5.91 Å². The zero-order valence-corrected chi connectivity index (χ0v) is 14.2. The van der Waals surface area contributed by atoms with Crippen LogP contribution < -0.4 is 10.1 Å². The number of carbonyl (C=O) groups is 2. The second kappa shape index (κ2) is 8.71. The molecule has 1 N–H and O–H groups in total. The lowest BCUT2D eigenvalue weighted by Gasteiger charge is -2.09. The van der Waals surface area contributed by atoms with E-state index in [0.717, 1.165) is 5.56 Å². The summed E-state index contributed by atoms with van der Waals surface area (Å²) in [6.45, 7) is 1.01. The van der Waals surface area contributed by atoms with Crippen LogP contribution in [0.1, 0.15) is 11.1 Å².